The van der Waals surface area contributed by atoms with Gasteiger partial charge in [0, 0.05) is 26.7 Å². The monoisotopic (exact) mass is 310 g/mol. The molecule has 1 unspecified atom stereocenters. The van der Waals surface area contributed by atoms with E-state index >= 15 is 0 Å². The maximum Gasteiger partial charge on any atom is 0.317 e. The Morgan fingerprint density at radius 2 is 1.82 bits per heavy atom. The number of likely N-dealkylation sites (tertiary alicyclic amines) is 1. The predicted octanol–water partition coefficient (Wildman–Crippen LogP) is 3.66. The molecule has 0 bridgehead atoms. The van der Waals surface area contributed by atoms with Crippen molar-refractivity contribution in [1.82, 2.24) is 10.2 Å². The molecule has 2 fully saturated rings. The second kappa shape index (κ2) is 7.67. The van der Waals surface area contributed by atoms with Crippen molar-refractivity contribution in [2.75, 3.05) is 26.7 Å². The summed E-state index contributed by atoms with van der Waals surface area (Å²) in [6.07, 6.45) is 7.41. The Hall–Kier alpha value is -0.770. The van der Waals surface area contributed by atoms with Gasteiger partial charge in [0.25, 0.3) is 0 Å². The number of carbonyl (C=O) groups excluding carboxylic acids is 1. The van der Waals surface area contributed by atoms with Crippen LogP contribution < -0.4 is 5.32 Å². The molecule has 1 atom stereocenters. The third-order valence-corrected chi connectivity index (χ3v) is 5.14. The smallest absolute Gasteiger partial charge is 0.317 e. The zero-order valence-corrected chi connectivity index (χ0v) is 14.9. The van der Waals surface area contributed by atoms with Crippen molar-refractivity contribution >= 4 is 6.03 Å². The fourth-order valence-corrected chi connectivity index (χ4v) is 3.96. The molecule has 1 N–H and O–H groups in total. The molecule has 4 nitrogen and oxygen atoms in total. The molecule has 0 radical (unpaired) electrons. The van der Waals surface area contributed by atoms with Crippen LogP contribution >= 0.6 is 0 Å². The summed E-state index contributed by atoms with van der Waals surface area (Å²) in [7, 11) is 1.80. The van der Waals surface area contributed by atoms with Crippen LogP contribution in [0.25, 0.3) is 0 Å². The van der Waals surface area contributed by atoms with Crippen LogP contribution in [0.5, 0.6) is 0 Å². The number of amides is 2. The van der Waals surface area contributed by atoms with Crippen LogP contribution in [0.4, 0.5) is 4.79 Å². The highest BCUT2D eigenvalue weighted by molar-refractivity contribution is 5.74. The lowest BCUT2D eigenvalue weighted by Crippen LogP contribution is -2.41. The molecular weight excluding hydrogens is 276 g/mol. The summed E-state index contributed by atoms with van der Waals surface area (Å²) in [6, 6.07) is 0.144. The van der Waals surface area contributed by atoms with E-state index < -0.39 is 0 Å². The van der Waals surface area contributed by atoms with E-state index in [0.29, 0.717) is 23.4 Å². The van der Waals surface area contributed by atoms with Crippen molar-refractivity contribution in [2.24, 2.45) is 17.3 Å². The largest absolute Gasteiger partial charge is 0.381 e. The Bertz CT molecular complexity index is 357. The van der Waals surface area contributed by atoms with Gasteiger partial charge in [-0.3, -0.25) is 0 Å². The number of ether oxygens (including phenoxy) is 1. The van der Waals surface area contributed by atoms with Crippen LogP contribution in [0.3, 0.4) is 0 Å². The maximum absolute atomic E-state index is 12.3. The second-order valence-electron chi connectivity index (χ2n) is 8.43. The van der Waals surface area contributed by atoms with Gasteiger partial charge < -0.3 is 15.0 Å². The molecule has 2 amide bonds. The Morgan fingerprint density at radius 1 is 1.14 bits per heavy atom. The van der Waals surface area contributed by atoms with E-state index in [1.54, 1.807) is 7.11 Å². The summed E-state index contributed by atoms with van der Waals surface area (Å²) >= 11 is 0. The number of hydrogen-bond donors (Lipinski definition) is 1. The van der Waals surface area contributed by atoms with Crippen LogP contribution in [-0.2, 0) is 4.74 Å². The van der Waals surface area contributed by atoms with E-state index in [-0.39, 0.29) is 6.03 Å². The quantitative estimate of drug-likeness (QED) is 0.861. The Balaban J connectivity index is 1.66. The highest BCUT2D eigenvalue weighted by atomic mass is 16.5. The minimum Gasteiger partial charge on any atom is -0.381 e. The van der Waals surface area contributed by atoms with Gasteiger partial charge in [-0.2, -0.15) is 0 Å². The molecule has 0 spiro atoms. The lowest BCUT2D eigenvalue weighted by molar-refractivity contribution is 0.0569. The van der Waals surface area contributed by atoms with Crippen molar-refractivity contribution in [3.05, 3.63) is 0 Å². The van der Waals surface area contributed by atoms with E-state index in [9.17, 15) is 4.79 Å². The summed E-state index contributed by atoms with van der Waals surface area (Å²) < 4.78 is 5.40. The molecule has 0 aromatic heterocycles. The van der Waals surface area contributed by atoms with Crippen LogP contribution in [0.1, 0.15) is 59.3 Å². The van der Waals surface area contributed by atoms with Gasteiger partial charge >= 0.3 is 6.03 Å². The summed E-state index contributed by atoms with van der Waals surface area (Å²) in [5.74, 6) is 1.30. The van der Waals surface area contributed by atoms with Gasteiger partial charge in [0.05, 0.1) is 6.10 Å². The molecule has 1 aliphatic carbocycles. The maximum atomic E-state index is 12.3. The summed E-state index contributed by atoms with van der Waals surface area (Å²) in [4.78, 5) is 14.3. The Labute approximate surface area is 136 Å². The Kier molecular flexibility index (Phi) is 6.13. The molecule has 0 aromatic carbocycles. The van der Waals surface area contributed by atoms with Crippen molar-refractivity contribution in [2.45, 2.75) is 65.4 Å². The lowest BCUT2D eigenvalue weighted by atomic mass is 9.84. The summed E-state index contributed by atoms with van der Waals surface area (Å²) in [5.41, 5.74) is 0.358. The number of nitrogens with zero attached hydrogens (tertiary/aromatic N) is 1. The number of urea groups is 1. The van der Waals surface area contributed by atoms with Crippen molar-refractivity contribution in [3.63, 3.8) is 0 Å². The molecule has 1 saturated heterocycles. The molecule has 2 aliphatic rings. The van der Waals surface area contributed by atoms with Crippen molar-refractivity contribution < 1.29 is 9.53 Å². The first-order valence-electron chi connectivity index (χ1n) is 8.93. The van der Waals surface area contributed by atoms with E-state index in [1.807, 2.05) is 4.90 Å². The van der Waals surface area contributed by atoms with Gasteiger partial charge in [-0.25, -0.2) is 4.79 Å². The average Bonchev–Trinajstić information content (AvgIpc) is 2.91. The normalized spacial score (nSPS) is 29.6. The van der Waals surface area contributed by atoms with Crippen LogP contribution in [0, 0.1) is 17.3 Å². The zero-order valence-electron chi connectivity index (χ0n) is 14.9. The fourth-order valence-electron chi connectivity index (χ4n) is 3.96. The van der Waals surface area contributed by atoms with E-state index in [1.165, 1.54) is 19.3 Å². The minimum atomic E-state index is 0.144. The van der Waals surface area contributed by atoms with E-state index in [4.69, 9.17) is 4.74 Å². The molecule has 4 heteroatoms. The van der Waals surface area contributed by atoms with Crippen LogP contribution in [-0.4, -0.2) is 43.8 Å². The average molecular weight is 310 g/mol. The van der Waals surface area contributed by atoms with Crippen LogP contribution in [0.2, 0.25) is 0 Å². The molecule has 2 rings (SSSR count). The van der Waals surface area contributed by atoms with E-state index in [0.717, 1.165) is 38.9 Å². The number of carbonyl (C=O) groups is 1. The van der Waals surface area contributed by atoms with Gasteiger partial charge in [0.1, 0.15) is 0 Å². The number of nitrogens with one attached hydrogen (secondary N) is 1. The van der Waals surface area contributed by atoms with E-state index in [2.05, 4.69) is 26.1 Å². The standard InChI is InChI=1S/C18H34N2O2/c1-18(2,3)11-15-9-10-20(13-15)17(21)19-12-14-5-7-16(22-4)8-6-14/h14-16H,5-13H2,1-4H3,(H,19,21). The number of methoxy groups -OCH3 is 1. The highest BCUT2D eigenvalue weighted by Gasteiger charge is 2.29. The third kappa shape index (κ3) is 5.45. The first-order valence-corrected chi connectivity index (χ1v) is 8.93. The molecule has 1 heterocycles. The van der Waals surface area contributed by atoms with Gasteiger partial charge in [-0.15, -0.1) is 0 Å². The third-order valence-electron chi connectivity index (χ3n) is 5.14. The SMILES string of the molecule is COC1CCC(CNC(=O)N2CCC(CC(C)(C)C)C2)CC1. The van der Waals surface area contributed by atoms with Crippen LogP contribution in [0.15, 0.2) is 0 Å². The van der Waals surface area contributed by atoms with Gasteiger partial charge in [-0.05, 0) is 55.8 Å². The highest BCUT2D eigenvalue weighted by Crippen LogP contribution is 2.30. The van der Waals surface area contributed by atoms with Gasteiger partial charge in [-0.1, -0.05) is 20.8 Å². The number of rotatable bonds is 4. The van der Waals surface area contributed by atoms with Gasteiger partial charge in [0.15, 0.2) is 0 Å². The molecule has 0 aromatic rings. The molecule has 1 aliphatic heterocycles. The lowest BCUT2D eigenvalue weighted by Gasteiger charge is -2.28. The summed E-state index contributed by atoms with van der Waals surface area (Å²) in [6.45, 7) is 9.53. The first-order chi connectivity index (χ1) is 10.4. The van der Waals surface area contributed by atoms with Gasteiger partial charge in [0.2, 0.25) is 0 Å². The topological polar surface area (TPSA) is 41.6 Å². The molecule has 128 valence electrons. The summed E-state index contributed by atoms with van der Waals surface area (Å²) in [5, 5.41) is 3.16. The predicted molar refractivity (Wildman–Crippen MR) is 89.9 cm³/mol. The van der Waals surface area contributed by atoms with Crippen molar-refractivity contribution in [3.8, 4) is 0 Å². The minimum absolute atomic E-state index is 0.144. The molecular formula is C18H34N2O2. The molecule has 1 saturated carbocycles. The number of hydrogen-bond acceptors (Lipinski definition) is 2. The first kappa shape index (κ1) is 17.6. The Morgan fingerprint density at radius 3 is 2.41 bits per heavy atom. The molecule has 22 heavy (non-hydrogen) atoms. The zero-order chi connectivity index (χ0) is 16.2. The van der Waals surface area contributed by atoms with Crippen molar-refractivity contribution in [1.29, 1.82) is 0 Å². The second-order valence-corrected chi connectivity index (χ2v) is 8.43. The fraction of sp³-hybridized carbons (Fsp3) is 0.944.